The minimum absolute atomic E-state index is 0.107. The first-order valence-electron chi connectivity index (χ1n) is 41.2. The Hall–Kier alpha value is -1.94. The highest BCUT2D eigenvalue weighted by Crippen LogP contribution is 2.45. The average Bonchev–Trinajstić information content (AvgIpc) is 0.978. The van der Waals surface area contributed by atoms with Gasteiger partial charge in [-0.25, -0.2) is 9.13 Å². The van der Waals surface area contributed by atoms with E-state index < -0.39 is 97.5 Å². The predicted molar refractivity (Wildman–Crippen MR) is 400 cm³/mol. The number of hydrogen-bond donors (Lipinski definition) is 3. The Balaban J connectivity index is 5.24. The van der Waals surface area contributed by atoms with Crippen LogP contribution >= 0.6 is 15.6 Å². The fourth-order valence-corrected chi connectivity index (χ4v) is 13.8. The number of aliphatic hydroxyl groups excluding tert-OH is 1. The summed E-state index contributed by atoms with van der Waals surface area (Å²) in [5.41, 5.74) is 0. The van der Waals surface area contributed by atoms with Crippen LogP contribution in [0.5, 0.6) is 0 Å². The van der Waals surface area contributed by atoms with Crippen molar-refractivity contribution in [3.8, 4) is 0 Å². The van der Waals surface area contributed by atoms with Gasteiger partial charge in [0, 0.05) is 25.7 Å². The zero-order valence-corrected chi connectivity index (χ0v) is 65.7. The van der Waals surface area contributed by atoms with Crippen LogP contribution in [0.1, 0.15) is 420 Å². The monoisotopic (exact) mass is 1440 g/mol. The average molecular weight is 1440 g/mol. The lowest BCUT2D eigenvalue weighted by Crippen LogP contribution is -2.30. The van der Waals surface area contributed by atoms with Crippen molar-refractivity contribution < 1.29 is 80.2 Å². The molecule has 0 aliphatic rings. The second kappa shape index (κ2) is 72.0. The molecule has 0 bridgehead atoms. The minimum Gasteiger partial charge on any atom is -0.462 e. The summed E-state index contributed by atoms with van der Waals surface area (Å²) in [6, 6.07) is 0. The number of phosphoric acid groups is 2. The van der Waals surface area contributed by atoms with Crippen molar-refractivity contribution in [2.24, 2.45) is 5.92 Å². The standard InChI is InChI=1S/C79H154O17P2/c1-6-10-13-16-19-22-25-27-29-31-32-34-36-38-44-49-54-59-64-78(83)95-75(69-90-77(82)63-58-53-48-43-37-35-33-30-28-26-23-20-17-14-11-7-2)71-94-98(87,88)92-67-73(80)66-91-97(85,86)93-70-74(68-89-76(81)62-57-52-47-42-24-21-18-15-12-8-3)96-79(84)65-60-55-50-45-40-39-41-46-51-56-61-72(5)9-4/h72-75,80H,6-71H2,1-5H3,(H,85,86)(H,87,88)/t72?,73-,74+,75+/m0/s1. The van der Waals surface area contributed by atoms with E-state index in [0.29, 0.717) is 25.7 Å². The van der Waals surface area contributed by atoms with E-state index >= 15 is 0 Å². The first-order chi connectivity index (χ1) is 47.6. The van der Waals surface area contributed by atoms with Crippen LogP contribution in [0.4, 0.5) is 0 Å². The van der Waals surface area contributed by atoms with Crippen LogP contribution < -0.4 is 0 Å². The number of rotatable bonds is 79. The van der Waals surface area contributed by atoms with Crippen molar-refractivity contribution in [3.05, 3.63) is 0 Å². The zero-order valence-electron chi connectivity index (χ0n) is 63.9. The van der Waals surface area contributed by atoms with E-state index in [0.717, 1.165) is 95.8 Å². The van der Waals surface area contributed by atoms with Crippen molar-refractivity contribution in [1.29, 1.82) is 0 Å². The van der Waals surface area contributed by atoms with Crippen molar-refractivity contribution >= 4 is 39.5 Å². The van der Waals surface area contributed by atoms with Crippen LogP contribution in [0.25, 0.3) is 0 Å². The van der Waals surface area contributed by atoms with Crippen LogP contribution in [-0.4, -0.2) is 96.7 Å². The van der Waals surface area contributed by atoms with Gasteiger partial charge in [-0.2, -0.15) is 0 Å². The Kier molecular flexibility index (Phi) is 70.6. The molecule has 0 aliphatic heterocycles. The Morgan fingerprint density at radius 3 is 0.724 bits per heavy atom. The lowest BCUT2D eigenvalue weighted by atomic mass is 9.99. The van der Waals surface area contributed by atoms with Gasteiger partial charge < -0.3 is 33.8 Å². The first-order valence-corrected chi connectivity index (χ1v) is 44.2. The minimum atomic E-state index is -4.96. The van der Waals surface area contributed by atoms with Gasteiger partial charge in [0.15, 0.2) is 12.2 Å². The third-order valence-electron chi connectivity index (χ3n) is 18.9. The second-order valence-corrected chi connectivity index (χ2v) is 31.6. The summed E-state index contributed by atoms with van der Waals surface area (Å²) in [5, 5.41) is 10.6. The van der Waals surface area contributed by atoms with E-state index in [-0.39, 0.29) is 25.7 Å². The summed E-state index contributed by atoms with van der Waals surface area (Å²) in [5.74, 6) is -1.30. The van der Waals surface area contributed by atoms with Gasteiger partial charge in [0.2, 0.25) is 0 Å². The van der Waals surface area contributed by atoms with Gasteiger partial charge in [0.25, 0.3) is 0 Å². The number of carbonyl (C=O) groups excluding carboxylic acids is 4. The van der Waals surface area contributed by atoms with Gasteiger partial charge in [0.05, 0.1) is 26.4 Å². The molecule has 0 saturated heterocycles. The van der Waals surface area contributed by atoms with Gasteiger partial charge in [-0.15, -0.1) is 0 Å². The first kappa shape index (κ1) is 96.1. The van der Waals surface area contributed by atoms with E-state index in [1.54, 1.807) is 0 Å². The van der Waals surface area contributed by atoms with Crippen LogP contribution in [0.2, 0.25) is 0 Å². The largest absolute Gasteiger partial charge is 0.472 e. The molecule has 17 nitrogen and oxygen atoms in total. The maximum atomic E-state index is 13.1. The summed E-state index contributed by atoms with van der Waals surface area (Å²) in [6.07, 6.45) is 62.3. The molecule has 0 amide bonds. The van der Waals surface area contributed by atoms with Gasteiger partial charge in [0.1, 0.15) is 19.3 Å². The number of hydrogen-bond acceptors (Lipinski definition) is 15. The molecule has 3 N–H and O–H groups in total. The maximum absolute atomic E-state index is 13.1. The predicted octanol–water partition coefficient (Wildman–Crippen LogP) is 23.6. The van der Waals surface area contributed by atoms with Crippen LogP contribution in [0, 0.1) is 5.92 Å². The molecule has 0 aromatic heterocycles. The highest BCUT2D eigenvalue weighted by atomic mass is 31.2. The van der Waals surface area contributed by atoms with Gasteiger partial charge in [-0.3, -0.25) is 37.3 Å². The number of ether oxygens (including phenoxy) is 4. The molecule has 19 heteroatoms. The molecule has 0 aliphatic carbocycles. The van der Waals surface area contributed by atoms with E-state index in [4.69, 9.17) is 37.0 Å². The quantitative estimate of drug-likeness (QED) is 0.0222. The molecule has 0 aromatic rings. The van der Waals surface area contributed by atoms with Gasteiger partial charge in [-0.1, -0.05) is 369 Å². The lowest BCUT2D eigenvalue weighted by molar-refractivity contribution is -0.161. The van der Waals surface area contributed by atoms with E-state index in [2.05, 4.69) is 34.6 Å². The molecule has 582 valence electrons. The molecule has 0 rings (SSSR count). The summed E-state index contributed by atoms with van der Waals surface area (Å²) in [7, 11) is -9.91. The highest BCUT2D eigenvalue weighted by molar-refractivity contribution is 7.47. The maximum Gasteiger partial charge on any atom is 0.472 e. The number of aliphatic hydroxyl groups is 1. The van der Waals surface area contributed by atoms with Crippen LogP contribution in [-0.2, 0) is 65.4 Å². The molecule has 98 heavy (non-hydrogen) atoms. The molecule has 0 spiro atoms. The van der Waals surface area contributed by atoms with Gasteiger partial charge >= 0.3 is 39.5 Å². The Bertz CT molecular complexity index is 1880. The third kappa shape index (κ3) is 71.1. The molecule has 0 fully saturated rings. The van der Waals surface area contributed by atoms with E-state index in [9.17, 15) is 43.2 Å². The van der Waals surface area contributed by atoms with Gasteiger partial charge in [-0.05, 0) is 31.6 Å². The molecular weight excluding hydrogens is 1280 g/mol. The molecule has 0 saturated carbocycles. The second-order valence-electron chi connectivity index (χ2n) is 28.7. The third-order valence-corrected chi connectivity index (χ3v) is 20.8. The molecular formula is C79H154O17P2. The number of unbranched alkanes of at least 4 members (excludes halogenated alkanes) is 50. The van der Waals surface area contributed by atoms with Crippen molar-refractivity contribution in [2.45, 2.75) is 438 Å². The molecule has 0 aromatic carbocycles. The Morgan fingerprint density at radius 2 is 0.490 bits per heavy atom. The summed E-state index contributed by atoms with van der Waals surface area (Å²) in [6.45, 7) is 7.34. The Morgan fingerprint density at radius 1 is 0.286 bits per heavy atom. The van der Waals surface area contributed by atoms with Crippen LogP contribution in [0.3, 0.4) is 0 Å². The SMILES string of the molecule is CCCCCCCCCCCCCCCCCCCCC(=O)O[C@H](COC(=O)CCCCCCCCCCCCCCCCCC)COP(=O)(O)OC[C@@H](O)COP(=O)(O)OC[C@@H](COC(=O)CCCCCCCCCCCC)OC(=O)CCCCCCCCCCCCC(C)CC. The van der Waals surface area contributed by atoms with E-state index in [1.165, 1.54) is 244 Å². The topological polar surface area (TPSA) is 237 Å². The summed E-state index contributed by atoms with van der Waals surface area (Å²) < 4.78 is 68.7. The number of phosphoric ester groups is 2. The fourth-order valence-electron chi connectivity index (χ4n) is 12.2. The Labute approximate surface area is 600 Å². The fraction of sp³-hybridized carbons (Fsp3) is 0.949. The zero-order chi connectivity index (χ0) is 71.9. The molecule has 6 atom stereocenters. The van der Waals surface area contributed by atoms with Crippen molar-refractivity contribution in [3.63, 3.8) is 0 Å². The summed E-state index contributed by atoms with van der Waals surface area (Å²) >= 11 is 0. The number of carbonyl (C=O) groups is 4. The smallest absolute Gasteiger partial charge is 0.462 e. The van der Waals surface area contributed by atoms with Crippen molar-refractivity contribution in [1.82, 2.24) is 0 Å². The van der Waals surface area contributed by atoms with E-state index in [1.807, 2.05) is 0 Å². The summed E-state index contributed by atoms with van der Waals surface area (Å²) in [4.78, 5) is 72.9. The van der Waals surface area contributed by atoms with Crippen LogP contribution in [0.15, 0.2) is 0 Å². The molecule has 0 radical (unpaired) electrons. The lowest BCUT2D eigenvalue weighted by Gasteiger charge is -2.21. The molecule has 0 heterocycles. The highest BCUT2D eigenvalue weighted by Gasteiger charge is 2.30. The number of esters is 4. The normalized spacial score (nSPS) is 14.2. The molecule has 3 unspecified atom stereocenters. The van der Waals surface area contributed by atoms with Crippen molar-refractivity contribution in [2.75, 3.05) is 39.6 Å².